The molecule has 27 heavy (non-hydrogen) atoms. The highest BCUT2D eigenvalue weighted by Crippen LogP contribution is 2.26. The van der Waals surface area contributed by atoms with Crippen molar-refractivity contribution >= 4 is 6.16 Å². The van der Waals surface area contributed by atoms with Gasteiger partial charge in [-0.25, -0.2) is 4.79 Å². The van der Waals surface area contributed by atoms with E-state index in [0.717, 1.165) is 11.1 Å². The number of terminal acetylenes is 1. The van der Waals surface area contributed by atoms with Gasteiger partial charge in [-0.3, -0.25) is 0 Å². The molecule has 1 aliphatic rings. The van der Waals surface area contributed by atoms with Gasteiger partial charge in [0.05, 0.1) is 13.2 Å². The predicted molar refractivity (Wildman–Crippen MR) is 99.4 cm³/mol. The largest absolute Gasteiger partial charge is 0.514 e. The maximum Gasteiger partial charge on any atom is 0.514 e. The van der Waals surface area contributed by atoms with Crippen LogP contribution in [0.5, 0.6) is 0 Å². The van der Waals surface area contributed by atoms with Crippen LogP contribution in [-0.2, 0) is 32.2 Å². The van der Waals surface area contributed by atoms with Crippen molar-refractivity contribution in [2.75, 3.05) is 0 Å². The molecule has 0 unspecified atom stereocenters. The van der Waals surface area contributed by atoms with Gasteiger partial charge in [0, 0.05) is 0 Å². The van der Waals surface area contributed by atoms with E-state index in [1.54, 1.807) is 0 Å². The summed E-state index contributed by atoms with van der Waals surface area (Å²) in [4.78, 5) is 11.5. The number of cyclic esters (lactones) is 2. The average Bonchev–Trinajstić information content (AvgIpc) is 3.03. The molecule has 1 aliphatic heterocycles. The van der Waals surface area contributed by atoms with Crippen LogP contribution in [-0.4, -0.2) is 24.5 Å². The summed E-state index contributed by atoms with van der Waals surface area (Å²) < 4.78 is 22.0. The zero-order valence-electron chi connectivity index (χ0n) is 14.7. The van der Waals surface area contributed by atoms with Crippen molar-refractivity contribution in [3.05, 3.63) is 84.1 Å². The first-order chi connectivity index (χ1) is 13.2. The minimum atomic E-state index is -0.835. The number of carbonyl (C=O) groups is 1. The maximum absolute atomic E-state index is 11.5. The lowest BCUT2D eigenvalue weighted by molar-refractivity contribution is -0.0987. The van der Waals surface area contributed by atoms with Gasteiger partial charge in [0.1, 0.15) is 18.0 Å². The fraction of sp³-hybridized carbons (Fsp3) is 0.227. The lowest BCUT2D eigenvalue weighted by atomic mass is 10.1. The fourth-order valence-electron chi connectivity index (χ4n) is 2.71. The molecule has 0 radical (unpaired) electrons. The number of hydrogen-bond acceptors (Lipinski definition) is 5. The topological polar surface area (TPSA) is 54.0 Å². The first kappa shape index (κ1) is 18.7. The summed E-state index contributed by atoms with van der Waals surface area (Å²) in [5.74, 6) is 2.74. The summed E-state index contributed by atoms with van der Waals surface area (Å²) in [7, 11) is 0. The van der Waals surface area contributed by atoms with Crippen molar-refractivity contribution in [2.24, 2.45) is 0 Å². The Labute approximate surface area is 158 Å². The molecule has 2 aromatic rings. The Morgan fingerprint density at radius 3 is 2.04 bits per heavy atom. The summed E-state index contributed by atoms with van der Waals surface area (Å²) in [6, 6.07) is 19.2. The molecular formula is C22H20O5. The van der Waals surface area contributed by atoms with Gasteiger partial charge in [0.25, 0.3) is 0 Å². The Morgan fingerprint density at radius 2 is 1.56 bits per heavy atom. The van der Waals surface area contributed by atoms with Crippen molar-refractivity contribution in [3.63, 3.8) is 0 Å². The second-order valence-electron chi connectivity index (χ2n) is 6.00. The monoisotopic (exact) mass is 364 g/mol. The lowest BCUT2D eigenvalue weighted by Gasteiger charge is -2.27. The molecule has 1 fully saturated rings. The summed E-state index contributed by atoms with van der Waals surface area (Å²) in [5, 5.41) is 0. The number of rotatable bonds is 8. The van der Waals surface area contributed by atoms with E-state index in [9.17, 15) is 4.79 Å². The fourth-order valence-corrected chi connectivity index (χ4v) is 2.71. The van der Waals surface area contributed by atoms with Gasteiger partial charge in [0.2, 0.25) is 0 Å². The second kappa shape index (κ2) is 9.04. The van der Waals surface area contributed by atoms with E-state index in [4.69, 9.17) is 25.4 Å². The number of carbonyl (C=O) groups excluding carboxylic acids is 1. The lowest BCUT2D eigenvalue weighted by Crippen LogP contribution is -2.41. The predicted octanol–water partition coefficient (Wildman–Crippen LogP) is 3.84. The van der Waals surface area contributed by atoms with E-state index in [0.29, 0.717) is 6.61 Å². The highest BCUT2D eigenvalue weighted by Gasteiger charge is 2.41. The van der Waals surface area contributed by atoms with Gasteiger partial charge < -0.3 is 18.9 Å². The average molecular weight is 364 g/mol. The van der Waals surface area contributed by atoms with Crippen LogP contribution in [0.2, 0.25) is 0 Å². The van der Waals surface area contributed by atoms with E-state index < -0.39 is 24.5 Å². The molecule has 3 atom stereocenters. The Kier molecular flexibility index (Phi) is 6.26. The van der Waals surface area contributed by atoms with E-state index in [1.807, 2.05) is 60.7 Å². The van der Waals surface area contributed by atoms with Crippen LogP contribution in [0.4, 0.5) is 4.79 Å². The maximum atomic E-state index is 11.5. The molecule has 1 heterocycles. The molecule has 0 spiro atoms. The first-order valence-corrected chi connectivity index (χ1v) is 8.52. The molecule has 0 N–H and O–H groups in total. The van der Waals surface area contributed by atoms with Crippen molar-refractivity contribution < 1.29 is 23.7 Å². The van der Waals surface area contributed by atoms with E-state index in [-0.39, 0.29) is 12.4 Å². The Balaban J connectivity index is 1.73. The molecule has 0 saturated carbocycles. The summed E-state index contributed by atoms with van der Waals surface area (Å²) >= 11 is 0. The normalized spacial score (nSPS) is 18.3. The summed E-state index contributed by atoms with van der Waals surface area (Å²) in [6.45, 7) is 4.30. The van der Waals surface area contributed by atoms with Crippen molar-refractivity contribution in [3.8, 4) is 12.3 Å². The van der Waals surface area contributed by atoms with Gasteiger partial charge >= 0.3 is 6.16 Å². The third-order valence-electron chi connectivity index (χ3n) is 4.07. The zero-order valence-corrected chi connectivity index (χ0v) is 14.7. The van der Waals surface area contributed by atoms with Crippen LogP contribution >= 0.6 is 0 Å². The molecule has 0 bridgehead atoms. The molecule has 2 aromatic carbocycles. The standard InChI is InChI=1S/C22H20O5/c1-3-19(24-14-17-10-6-4-7-11-17)21(20-16(2)26-22(23)27-20)25-15-18-12-8-5-9-13-18/h1,4-13,19-21H,2,14-15H2/t19-,20-,21+/m0/s1. The Hall–Kier alpha value is -3.07. The first-order valence-electron chi connectivity index (χ1n) is 8.52. The van der Waals surface area contributed by atoms with Crippen LogP contribution in [0, 0.1) is 12.3 Å². The van der Waals surface area contributed by atoms with Gasteiger partial charge in [-0.05, 0) is 11.1 Å². The highest BCUT2D eigenvalue weighted by atomic mass is 16.8. The van der Waals surface area contributed by atoms with Gasteiger partial charge in [-0.1, -0.05) is 73.2 Å². The molecule has 5 heteroatoms. The Bertz CT molecular complexity index is 810. The minimum Gasteiger partial charge on any atom is -0.420 e. The van der Waals surface area contributed by atoms with E-state index >= 15 is 0 Å². The zero-order chi connectivity index (χ0) is 19.1. The molecule has 0 aliphatic carbocycles. The second-order valence-corrected chi connectivity index (χ2v) is 6.00. The molecule has 3 rings (SSSR count). The summed E-state index contributed by atoms with van der Waals surface area (Å²) in [5.41, 5.74) is 1.93. The van der Waals surface area contributed by atoms with Crippen molar-refractivity contribution in [1.29, 1.82) is 0 Å². The van der Waals surface area contributed by atoms with E-state index in [2.05, 4.69) is 12.5 Å². The molecule has 138 valence electrons. The number of ether oxygens (including phenoxy) is 4. The van der Waals surface area contributed by atoms with Crippen molar-refractivity contribution in [2.45, 2.75) is 31.5 Å². The summed E-state index contributed by atoms with van der Waals surface area (Å²) in [6.07, 6.45) is 2.52. The molecule has 0 aromatic heterocycles. The Morgan fingerprint density at radius 1 is 1.00 bits per heavy atom. The van der Waals surface area contributed by atoms with Crippen molar-refractivity contribution in [1.82, 2.24) is 0 Å². The van der Waals surface area contributed by atoms with Crippen LogP contribution in [0.25, 0.3) is 0 Å². The molecular weight excluding hydrogens is 344 g/mol. The molecule has 1 saturated heterocycles. The number of hydrogen-bond donors (Lipinski definition) is 0. The van der Waals surface area contributed by atoms with E-state index in [1.165, 1.54) is 0 Å². The van der Waals surface area contributed by atoms with Crippen LogP contribution < -0.4 is 0 Å². The highest BCUT2D eigenvalue weighted by molar-refractivity contribution is 5.65. The van der Waals surface area contributed by atoms with Crippen LogP contribution in [0.3, 0.4) is 0 Å². The van der Waals surface area contributed by atoms with Gasteiger partial charge in [0.15, 0.2) is 6.10 Å². The van der Waals surface area contributed by atoms with Gasteiger partial charge in [-0.15, -0.1) is 6.42 Å². The SMILES string of the molecule is C#C[C@H](OCc1ccccc1)[C@@H](OCc1ccccc1)[C@H]1OC(=O)OC1=C. The molecule has 5 nitrogen and oxygen atoms in total. The quantitative estimate of drug-likeness (QED) is 0.526. The van der Waals surface area contributed by atoms with Crippen LogP contribution in [0.15, 0.2) is 73.0 Å². The third-order valence-corrected chi connectivity index (χ3v) is 4.07. The number of benzene rings is 2. The minimum absolute atomic E-state index is 0.154. The van der Waals surface area contributed by atoms with Crippen LogP contribution in [0.1, 0.15) is 11.1 Å². The third kappa shape index (κ3) is 4.98. The smallest absolute Gasteiger partial charge is 0.420 e. The molecule has 0 amide bonds. The van der Waals surface area contributed by atoms with Gasteiger partial charge in [-0.2, -0.15) is 0 Å².